The highest BCUT2D eigenvalue weighted by Gasteiger charge is 2.25. The first-order valence-electron chi connectivity index (χ1n) is 10.6. The summed E-state index contributed by atoms with van der Waals surface area (Å²) in [6.07, 6.45) is 0. The Hall–Kier alpha value is -2.77. The van der Waals surface area contributed by atoms with Gasteiger partial charge in [0.15, 0.2) is 0 Å². The molecule has 1 atom stereocenters. The molecule has 4 rings (SSSR count). The number of hydrogen-bond donors (Lipinski definition) is 1. The Labute approximate surface area is 197 Å². The van der Waals surface area contributed by atoms with Crippen LogP contribution in [0.3, 0.4) is 0 Å². The number of fused-ring (bicyclic) bond motifs is 1. The molecule has 168 valence electrons. The Balaban J connectivity index is 1.42. The number of carbonyl (C=O) groups is 1. The molecule has 0 aliphatic carbocycles. The fourth-order valence-electron chi connectivity index (χ4n) is 3.76. The second-order valence-corrected chi connectivity index (χ2v) is 8.48. The summed E-state index contributed by atoms with van der Waals surface area (Å²) < 4.78 is 5.71. The number of urea groups is 1. The highest BCUT2D eigenvalue weighted by molar-refractivity contribution is 6.35. The molecule has 1 fully saturated rings. The molecule has 1 aliphatic heterocycles. The largest absolute Gasteiger partial charge is 0.477 e. The van der Waals surface area contributed by atoms with E-state index in [1.807, 2.05) is 50.2 Å². The number of ether oxygens (including phenoxy) is 1. The van der Waals surface area contributed by atoms with E-state index >= 15 is 0 Å². The van der Waals surface area contributed by atoms with Crippen LogP contribution in [-0.4, -0.2) is 53.7 Å². The van der Waals surface area contributed by atoms with Gasteiger partial charge in [-0.3, -0.25) is 0 Å². The van der Waals surface area contributed by atoms with Gasteiger partial charge in [-0.1, -0.05) is 35.3 Å². The minimum atomic E-state index is -0.356. The Bertz CT molecular complexity index is 1100. The summed E-state index contributed by atoms with van der Waals surface area (Å²) in [5.41, 5.74) is 3.10. The summed E-state index contributed by atoms with van der Waals surface area (Å²) in [5, 5.41) is 4.25. The molecule has 32 heavy (non-hydrogen) atoms. The van der Waals surface area contributed by atoms with Crippen molar-refractivity contribution in [3.05, 3.63) is 58.2 Å². The third-order valence-electron chi connectivity index (χ3n) is 5.37. The summed E-state index contributed by atoms with van der Waals surface area (Å²) in [6.45, 7) is 6.82. The molecule has 1 saturated heterocycles. The number of hydrogen-bond acceptors (Lipinski definition) is 5. The van der Waals surface area contributed by atoms with Crippen molar-refractivity contribution < 1.29 is 9.53 Å². The Kier molecular flexibility index (Phi) is 6.86. The molecule has 0 radical (unpaired) electrons. The number of rotatable bonds is 5. The maximum Gasteiger partial charge on any atom is 0.318 e. The maximum absolute atomic E-state index is 12.9. The topological polar surface area (TPSA) is 70.6 Å². The van der Waals surface area contributed by atoms with Gasteiger partial charge in [0.05, 0.1) is 23.7 Å². The van der Waals surface area contributed by atoms with Crippen LogP contribution in [0, 0.1) is 0 Å². The standard InChI is InChI=1S/C23H25Cl2N5O2/c1-3-32-22-21(27-19-6-4-5-7-20(19)28-22)15(2)26-23(31)30-10-8-29(9-11-30)18-13-16(24)12-17(25)14-18/h4-7,12-15H,3,8-11H2,1-2H3,(H,26,31). The van der Waals surface area contributed by atoms with Crippen LogP contribution in [0.15, 0.2) is 42.5 Å². The summed E-state index contributed by atoms with van der Waals surface area (Å²) in [4.78, 5) is 26.2. The lowest BCUT2D eigenvalue weighted by Crippen LogP contribution is -2.52. The molecule has 1 aromatic heterocycles. The lowest BCUT2D eigenvalue weighted by Gasteiger charge is -2.36. The predicted octanol–water partition coefficient (Wildman–Crippen LogP) is 4.93. The van der Waals surface area contributed by atoms with Crippen LogP contribution < -0.4 is 15.0 Å². The number of aromatic nitrogens is 2. The number of halogens is 2. The second-order valence-electron chi connectivity index (χ2n) is 7.61. The van der Waals surface area contributed by atoms with Crippen LogP contribution >= 0.6 is 23.2 Å². The van der Waals surface area contributed by atoms with E-state index in [1.165, 1.54) is 0 Å². The monoisotopic (exact) mass is 473 g/mol. The van der Waals surface area contributed by atoms with Crippen molar-refractivity contribution in [3.8, 4) is 5.88 Å². The van der Waals surface area contributed by atoms with Crippen LogP contribution in [0.5, 0.6) is 5.88 Å². The van der Waals surface area contributed by atoms with Crippen molar-refractivity contribution in [1.29, 1.82) is 0 Å². The van der Waals surface area contributed by atoms with Gasteiger partial charge < -0.3 is 19.9 Å². The SMILES string of the molecule is CCOc1nc2ccccc2nc1C(C)NC(=O)N1CCN(c2cc(Cl)cc(Cl)c2)CC1. The van der Waals surface area contributed by atoms with E-state index in [2.05, 4.69) is 15.2 Å². The second kappa shape index (κ2) is 9.79. The lowest BCUT2D eigenvalue weighted by molar-refractivity contribution is 0.190. The van der Waals surface area contributed by atoms with Gasteiger partial charge >= 0.3 is 6.03 Å². The third kappa shape index (κ3) is 5.00. The van der Waals surface area contributed by atoms with Gasteiger partial charge in [-0.2, -0.15) is 0 Å². The number of para-hydroxylation sites is 2. The zero-order valence-electron chi connectivity index (χ0n) is 18.0. The van der Waals surface area contributed by atoms with Gasteiger partial charge in [-0.25, -0.2) is 14.8 Å². The van der Waals surface area contributed by atoms with Gasteiger partial charge in [0.25, 0.3) is 0 Å². The van der Waals surface area contributed by atoms with Crippen LogP contribution in [0.4, 0.5) is 10.5 Å². The number of benzene rings is 2. The molecule has 2 amide bonds. The van der Waals surface area contributed by atoms with Crippen molar-refractivity contribution >= 4 is 46.0 Å². The van der Waals surface area contributed by atoms with Crippen LogP contribution in [0.25, 0.3) is 11.0 Å². The van der Waals surface area contributed by atoms with E-state index in [9.17, 15) is 4.79 Å². The first-order chi connectivity index (χ1) is 15.4. The van der Waals surface area contributed by atoms with E-state index < -0.39 is 0 Å². The third-order valence-corrected chi connectivity index (χ3v) is 5.81. The van der Waals surface area contributed by atoms with Crippen molar-refractivity contribution in [2.75, 3.05) is 37.7 Å². The fourth-order valence-corrected chi connectivity index (χ4v) is 4.27. The zero-order chi connectivity index (χ0) is 22.7. The first kappa shape index (κ1) is 22.4. The number of amides is 2. The minimum absolute atomic E-state index is 0.140. The number of nitrogens with zero attached hydrogens (tertiary/aromatic N) is 4. The summed E-state index contributed by atoms with van der Waals surface area (Å²) >= 11 is 12.3. The molecule has 0 saturated carbocycles. The zero-order valence-corrected chi connectivity index (χ0v) is 19.5. The van der Waals surface area contributed by atoms with Gasteiger partial charge in [0.1, 0.15) is 5.69 Å². The van der Waals surface area contributed by atoms with Crippen LogP contribution in [0.1, 0.15) is 25.6 Å². The normalized spacial score (nSPS) is 15.0. The van der Waals surface area contributed by atoms with Crippen molar-refractivity contribution in [2.24, 2.45) is 0 Å². The highest BCUT2D eigenvalue weighted by atomic mass is 35.5. The molecule has 9 heteroatoms. The molecular formula is C23H25Cl2N5O2. The predicted molar refractivity (Wildman–Crippen MR) is 128 cm³/mol. The van der Waals surface area contributed by atoms with E-state index in [-0.39, 0.29) is 12.1 Å². The van der Waals surface area contributed by atoms with Crippen LogP contribution in [0.2, 0.25) is 10.0 Å². The fraction of sp³-hybridized carbons (Fsp3) is 0.348. The van der Waals surface area contributed by atoms with Gasteiger partial charge in [0.2, 0.25) is 5.88 Å². The van der Waals surface area contributed by atoms with Crippen LogP contribution in [-0.2, 0) is 0 Å². The molecular weight excluding hydrogens is 449 g/mol. The maximum atomic E-state index is 12.9. The lowest BCUT2D eigenvalue weighted by atomic mass is 10.2. The minimum Gasteiger partial charge on any atom is -0.477 e. The van der Waals surface area contributed by atoms with Gasteiger partial charge in [-0.15, -0.1) is 0 Å². The van der Waals surface area contributed by atoms with E-state index in [1.54, 1.807) is 11.0 Å². The van der Waals surface area contributed by atoms with Gasteiger partial charge in [-0.05, 0) is 44.2 Å². The number of nitrogens with one attached hydrogen (secondary N) is 1. The number of anilines is 1. The smallest absolute Gasteiger partial charge is 0.318 e. The molecule has 1 aliphatic rings. The molecule has 0 spiro atoms. The molecule has 2 heterocycles. The first-order valence-corrected chi connectivity index (χ1v) is 11.4. The Morgan fingerprint density at radius 1 is 1.06 bits per heavy atom. The molecule has 1 N–H and O–H groups in total. The summed E-state index contributed by atoms with van der Waals surface area (Å²) in [7, 11) is 0. The van der Waals surface area contributed by atoms with E-state index in [4.69, 9.17) is 32.9 Å². The highest BCUT2D eigenvalue weighted by Crippen LogP contribution is 2.27. The Morgan fingerprint density at radius 2 is 1.69 bits per heavy atom. The van der Waals surface area contributed by atoms with Crippen molar-refractivity contribution in [2.45, 2.75) is 19.9 Å². The number of carbonyl (C=O) groups excluding carboxylic acids is 1. The van der Waals surface area contributed by atoms with Crippen molar-refractivity contribution in [1.82, 2.24) is 20.2 Å². The molecule has 2 aromatic carbocycles. The average molecular weight is 474 g/mol. The van der Waals surface area contributed by atoms with Gasteiger partial charge in [0, 0.05) is 41.9 Å². The Morgan fingerprint density at radius 3 is 2.31 bits per heavy atom. The average Bonchev–Trinajstić information content (AvgIpc) is 2.78. The molecule has 7 nitrogen and oxygen atoms in total. The quantitative estimate of drug-likeness (QED) is 0.568. The summed E-state index contributed by atoms with van der Waals surface area (Å²) in [5.74, 6) is 0.446. The van der Waals surface area contributed by atoms with E-state index in [0.717, 1.165) is 16.7 Å². The van der Waals surface area contributed by atoms with E-state index in [0.29, 0.717) is 54.4 Å². The molecule has 1 unspecified atom stereocenters. The summed E-state index contributed by atoms with van der Waals surface area (Å²) in [6, 6.07) is 12.6. The number of piperazine rings is 1. The molecule has 3 aromatic rings. The molecule has 0 bridgehead atoms. The van der Waals surface area contributed by atoms with Crippen molar-refractivity contribution in [3.63, 3.8) is 0 Å².